The lowest BCUT2D eigenvalue weighted by atomic mass is 10.4. The summed E-state index contributed by atoms with van der Waals surface area (Å²) in [4.78, 5) is 10.9. The lowest BCUT2D eigenvalue weighted by molar-refractivity contribution is -0.146. The molecule has 0 atom stereocenters. The second-order valence-corrected chi connectivity index (χ2v) is 3.88. The van der Waals surface area contributed by atoms with Crippen molar-refractivity contribution < 1.29 is 9.53 Å². The van der Waals surface area contributed by atoms with Gasteiger partial charge in [0.1, 0.15) is 0 Å². The number of rotatable bonds is 5. The van der Waals surface area contributed by atoms with E-state index in [1.165, 1.54) is 0 Å². The second kappa shape index (κ2) is 6.53. The molecule has 0 heterocycles. The van der Waals surface area contributed by atoms with Gasteiger partial charge in [-0.25, -0.2) is 0 Å². The maximum atomic E-state index is 10.9. The number of esters is 1. The molecule has 66 valence electrons. The normalized spacial score (nSPS) is 10.2. The summed E-state index contributed by atoms with van der Waals surface area (Å²) in [6.45, 7) is 5.81. The highest BCUT2D eigenvalue weighted by atomic mass is 32.2. The van der Waals surface area contributed by atoms with E-state index in [4.69, 9.17) is 4.74 Å². The summed E-state index contributed by atoms with van der Waals surface area (Å²) < 4.78 is 4.94. The Bertz CT molecular complexity index is 113. The molecule has 0 spiro atoms. The predicted octanol–water partition coefficient (Wildman–Crippen LogP) is 2.08. The van der Waals surface area contributed by atoms with Gasteiger partial charge in [-0.15, -0.1) is 0 Å². The number of thioether (sulfide) groups is 1. The number of ether oxygens (including phenoxy) is 1. The van der Waals surface area contributed by atoms with Crippen molar-refractivity contribution >= 4 is 17.7 Å². The fraction of sp³-hybridized carbons (Fsp3) is 0.875. The molecule has 0 radical (unpaired) electrons. The Balaban J connectivity index is 3.23. The molecule has 11 heavy (non-hydrogen) atoms. The molecule has 0 rings (SSSR count). The van der Waals surface area contributed by atoms with Crippen LogP contribution in [0.15, 0.2) is 0 Å². The van der Waals surface area contributed by atoms with E-state index in [1.54, 1.807) is 11.8 Å². The van der Waals surface area contributed by atoms with Gasteiger partial charge >= 0.3 is 5.97 Å². The molecule has 0 aromatic carbocycles. The molecule has 0 fully saturated rings. The molecule has 0 amide bonds. The molecule has 3 heteroatoms. The molecular weight excluding hydrogens is 160 g/mol. The minimum atomic E-state index is -0.0825. The molecule has 0 aromatic heterocycles. The quantitative estimate of drug-likeness (QED) is 0.474. The van der Waals surface area contributed by atoms with Crippen molar-refractivity contribution in [3.63, 3.8) is 0 Å². The SMILES string of the molecule is CCSCCC(=O)OC(C)C. The molecule has 0 aliphatic carbocycles. The predicted molar refractivity (Wildman–Crippen MR) is 48.8 cm³/mol. The Labute approximate surface area is 72.7 Å². The first-order valence-corrected chi connectivity index (χ1v) is 5.09. The Morgan fingerprint density at radius 1 is 1.55 bits per heavy atom. The molecule has 0 bridgehead atoms. The summed E-state index contributed by atoms with van der Waals surface area (Å²) in [5, 5.41) is 0. The van der Waals surface area contributed by atoms with Crippen LogP contribution in [-0.4, -0.2) is 23.6 Å². The van der Waals surface area contributed by atoms with Crippen molar-refractivity contribution in [1.29, 1.82) is 0 Å². The second-order valence-electron chi connectivity index (χ2n) is 2.49. The van der Waals surface area contributed by atoms with Gasteiger partial charge in [0.25, 0.3) is 0 Å². The van der Waals surface area contributed by atoms with Crippen molar-refractivity contribution in [1.82, 2.24) is 0 Å². The zero-order chi connectivity index (χ0) is 8.69. The van der Waals surface area contributed by atoms with E-state index >= 15 is 0 Å². The largest absolute Gasteiger partial charge is 0.463 e. The molecule has 0 saturated heterocycles. The highest BCUT2D eigenvalue weighted by Crippen LogP contribution is 2.02. The van der Waals surface area contributed by atoms with Crippen molar-refractivity contribution in [3.05, 3.63) is 0 Å². The molecule has 0 aliphatic rings. The number of carbonyl (C=O) groups is 1. The van der Waals surface area contributed by atoms with E-state index < -0.39 is 0 Å². The van der Waals surface area contributed by atoms with Crippen LogP contribution in [0, 0.1) is 0 Å². The van der Waals surface area contributed by atoms with E-state index in [1.807, 2.05) is 13.8 Å². The number of hydrogen-bond acceptors (Lipinski definition) is 3. The van der Waals surface area contributed by atoms with Gasteiger partial charge in [-0.3, -0.25) is 4.79 Å². The van der Waals surface area contributed by atoms with E-state index in [0.717, 1.165) is 11.5 Å². The third kappa shape index (κ3) is 7.72. The Morgan fingerprint density at radius 3 is 2.64 bits per heavy atom. The maximum Gasteiger partial charge on any atom is 0.306 e. The fourth-order valence-electron chi connectivity index (χ4n) is 0.622. The van der Waals surface area contributed by atoms with E-state index in [2.05, 4.69) is 6.92 Å². The van der Waals surface area contributed by atoms with Crippen LogP contribution in [-0.2, 0) is 9.53 Å². The van der Waals surface area contributed by atoms with Crippen LogP contribution in [0.25, 0.3) is 0 Å². The first-order valence-electron chi connectivity index (χ1n) is 3.94. The molecule has 0 aliphatic heterocycles. The van der Waals surface area contributed by atoms with Gasteiger partial charge in [0.05, 0.1) is 12.5 Å². The van der Waals surface area contributed by atoms with Crippen LogP contribution in [0.1, 0.15) is 27.2 Å². The fourth-order valence-corrected chi connectivity index (χ4v) is 1.22. The van der Waals surface area contributed by atoms with Crippen molar-refractivity contribution in [2.45, 2.75) is 33.3 Å². The molecular formula is C8H16O2S. The van der Waals surface area contributed by atoms with Crippen LogP contribution < -0.4 is 0 Å². The maximum absolute atomic E-state index is 10.9. The van der Waals surface area contributed by atoms with Crippen LogP contribution in [0.4, 0.5) is 0 Å². The summed E-state index contributed by atoms with van der Waals surface area (Å²) in [6, 6.07) is 0. The Hall–Kier alpha value is -0.180. The number of carbonyl (C=O) groups excluding carboxylic acids is 1. The van der Waals surface area contributed by atoms with Crippen molar-refractivity contribution in [3.8, 4) is 0 Å². The third-order valence-corrected chi connectivity index (χ3v) is 1.92. The van der Waals surface area contributed by atoms with Crippen molar-refractivity contribution in [2.24, 2.45) is 0 Å². The summed E-state index contributed by atoms with van der Waals surface area (Å²) >= 11 is 1.76. The minimum Gasteiger partial charge on any atom is -0.463 e. The standard InChI is InChI=1S/C8H16O2S/c1-4-11-6-5-8(9)10-7(2)3/h7H,4-6H2,1-3H3. The average molecular weight is 176 g/mol. The summed E-state index contributed by atoms with van der Waals surface area (Å²) in [6.07, 6.45) is 0.561. The first-order chi connectivity index (χ1) is 5.16. The van der Waals surface area contributed by atoms with Crippen LogP contribution in [0.2, 0.25) is 0 Å². The van der Waals surface area contributed by atoms with E-state index in [-0.39, 0.29) is 12.1 Å². The molecule has 0 N–H and O–H groups in total. The first kappa shape index (κ1) is 10.8. The highest BCUT2D eigenvalue weighted by molar-refractivity contribution is 7.99. The summed E-state index contributed by atoms with van der Waals surface area (Å²) in [5.41, 5.74) is 0. The molecule has 0 unspecified atom stereocenters. The van der Waals surface area contributed by atoms with Gasteiger partial charge in [-0.05, 0) is 19.6 Å². The molecule has 2 nitrogen and oxygen atoms in total. The van der Waals surface area contributed by atoms with Gasteiger partial charge in [0, 0.05) is 5.75 Å². The Kier molecular flexibility index (Phi) is 6.42. The molecule has 0 saturated carbocycles. The van der Waals surface area contributed by atoms with E-state index in [0.29, 0.717) is 6.42 Å². The van der Waals surface area contributed by atoms with E-state index in [9.17, 15) is 4.79 Å². The van der Waals surface area contributed by atoms with Gasteiger partial charge in [0.15, 0.2) is 0 Å². The smallest absolute Gasteiger partial charge is 0.306 e. The topological polar surface area (TPSA) is 26.3 Å². The van der Waals surface area contributed by atoms with Gasteiger partial charge in [-0.1, -0.05) is 6.92 Å². The van der Waals surface area contributed by atoms with Crippen LogP contribution in [0.3, 0.4) is 0 Å². The van der Waals surface area contributed by atoms with Gasteiger partial charge in [0.2, 0.25) is 0 Å². The monoisotopic (exact) mass is 176 g/mol. The average Bonchev–Trinajstić information content (AvgIpc) is 1.86. The minimum absolute atomic E-state index is 0.0223. The molecule has 0 aromatic rings. The van der Waals surface area contributed by atoms with Crippen LogP contribution in [0.5, 0.6) is 0 Å². The van der Waals surface area contributed by atoms with Crippen molar-refractivity contribution in [2.75, 3.05) is 11.5 Å². The lowest BCUT2D eigenvalue weighted by Gasteiger charge is -2.06. The zero-order valence-corrected chi connectivity index (χ0v) is 8.24. The highest BCUT2D eigenvalue weighted by Gasteiger charge is 2.03. The summed E-state index contributed by atoms with van der Waals surface area (Å²) in [7, 11) is 0. The third-order valence-electron chi connectivity index (χ3n) is 1.02. The Morgan fingerprint density at radius 2 is 2.18 bits per heavy atom. The lowest BCUT2D eigenvalue weighted by Crippen LogP contribution is -2.11. The van der Waals surface area contributed by atoms with Gasteiger partial charge < -0.3 is 4.74 Å². The number of hydrogen-bond donors (Lipinski definition) is 0. The van der Waals surface area contributed by atoms with Gasteiger partial charge in [-0.2, -0.15) is 11.8 Å². The zero-order valence-electron chi connectivity index (χ0n) is 7.42. The summed E-state index contributed by atoms with van der Waals surface area (Å²) in [5.74, 6) is 1.86. The van der Waals surface area contributed by atoms with Crippen LogP contribution >= 0.6 is 11.8 Å².